The van der Waals surface area contributed by atoms with Crippen molar-refractivity contribution in [1.82, 2.24) is 0 Å². The molecule has 21 heteroatoms. The fourth-order valence-electron chi connectivity index (χ4n) is 5.49. The number of hydrogen-bond acceptors (Lipinski definition) is 17. The van der Waals surface area contributed by atoms with E-state index in [0.717, 1.165) is 45.3 Å². The van der Waals surface area contributed by atoms with Gasteiger partial charge in [0, 0.05) is 19.5 Å². The number of rotatable bonds is 15. The normalized spacial score (nSPS) is 11.9. The number of ether oxygens (including phenoxy) is 4. The van der Waals surface area contributed by atoms with Gasteiger partial charge in [-0.15, -0.1) is 45.3 Å². The fourth-order valence-corrected chi connectivity index (χ4v) is 9.58. The van der Waals surface area contributed by atoms with Crippen LogP contribution in [0.15, 0.2) is 24.3 Å². The molecule has 0 aliphatic rings. The number of anilines is 4. The molecule has 0 unspecified atom stereocenters. The van der Waals surface area contributed by atoms with E-state index in [1.165, 1.54) is 24.3 Å². The van der Waals surface area contributed by atoms with E-state index in [4.69, 9.17) is 24.7 Å². The summed E-state index contributed by atoms with van der Waals surface area (Å²) in [6, 6.07) is 5.67. The molecule has 3 amide bonds. The molecule has 0 aromatic carbocycles. The van der Waals surface area contributed by atoms with Gasteiger partial charge in [0.1, 0.15) is 42.4 Å². The number of esters is 4. The van der Waals surface area contributed by atoms with Gasteiger partial charge in [-0.05, 0) is 107 Å². The maximum absolute atomic E-state index is 13.7. The van der Waals surface area contributed by atoms with Gasteiger partial charge in [0.2, 0.25) is 17.7 Å². The standard InChI is InChI=1S/C44H54N4O13S4/c1-41(2,3)58-37(54)25-13-21(62-33(25)45)17-29(49)46-34-26(38(55)59-42(4,5)6)14-22(63-34)18-30(50)47-35-27(39(56)60-43(7,8)9)15-23(64-35)19-31(51)48-36-28(40(57)61-44(10,11)12)16-24(65-36)20-32(52)53/h13-16H,17-20,45H2,1-12H3,(H,46,49)(H,47,50)(H,48,51)(H,52,53). The Bertz CT molecular complexity index is 2500. The van der Waals surface area contributed by atoms with E-state index in [1.54, 1.807) is 83.1 Å². The molecule has 65 heavy (non-hydrogen) atoms. The van der Waals surface area contributed by atoms with Crippen molar-refractivity contribution >= 4 is 113 Å². The second-order valence-corrected chi connectivity index (χ2v) is 23.2. The zero-order chi connectivity index (χ0) is 49.0. The lowest BCUT2D eigenvalue weighted by atomic mass is 10.1. The zero-order valence-electron chi connectivity index (χ0n) is 38.2. The van der Waals surface area contributed by atoms with Crippen molar-refractivity contribution in [2.75, 3.05) is 21.7 Å². The number of carboxylic acid groups (broad SMARTS) is 1. The minimum Gasteiger partial charge on any atom is -0.481 e. The first-order valence-corrected chi connectivity index (χ1v) is 23.3. The molecule has 4 rings (SSSR count). The number of thiophene rings is 4. The minimum atomic E-state index is -1.13. The van der Waals surface area contributed by atoms with Crippen molar-refractivity contribution in [3.05, 3.63) is 66.0 Å². The highest BCUT2D eigenvalue weighted by atomic mass is 32.1. The number of hydrogen-bond donors (Lipinski definition) is 5. The first kappa shape index (κ1) is 52.0. The SMILES string of the molecule is CC(C)(C)OC(=O)c1cc(CC(=O)Nc2sc(CC(=O)Nc3sc(CC(=O)Nc4sc(CC(=O)O)cc4C(=O)OC(C)(C)C)cc3C(=O)OC(C)(C)C)cc2C(=O)OC(C)(C)C)sc1N. The largest absolute Gasteiger partial charge is 0.481 e. The Labute approximate surface area is 392 Å². The van der Waals surface area contributed by atoms with Gasteiger partial charge in [-0.3, -0.25) is 19.2 Å². The predicted octanol–water partition coefficient (Wildman–Crippen LogP) is 8.51. The molecule has 4 aromatic rings. The van der Waals surface area contributed by atoms with Crippen LogP contribution in [0.3, 0.4) is 0 Å². The van der Waals surface area contributed by atoms with Gasteiger partial charge in [-0.1, -0.05) is 0 Å². The summed E-state index contributed by atoms with van der Waals surface area (Å²) in [7, 11) is 0. The number of carbonyl (C=O) groups is 8. The van der Waals surface area contributed by atoms with Crippen molar-refractivity contribution in [3.8, 4) is 0 Å². The molecule has 4 aromatic heterocycles. The average Bonchev–Trinajstić information content (AvgIpc) is 3.87. The molecule has 0 saturated carbocycles. The summed E-state index contributed by atoms with van der Waals surface area (Å²) >= 11 is 3.85. The number of amides is 3. The van der Waals surface area contributed by atoms with Crippen LogP contribution in [0, 0.1) is 0 Å². The Hall–Kier alpha value is -5.64. The fraction of sp³-hybridized carbons (Fsp3) is 0.455. The number of carbonyl (C=O) groups excluding carboxylic acids is 7. The van der Waals surface area contributed by atoms with Crippen LogP contribution in [0.1, 0.15) is 144 Å². The Balaban J connectivity index is 1.57. The van der Waals surface area contributed by atoms with Gasteiger partial charge in [0.15, 0.2) is 0 Å². The van der Waals surface area contributed by atoms with Gasteiger partial charge in [0.25, 0.3) is 0 Å². The van der Waals surface area contributed by atoms with Crippen LogP contribution in [0.4, 0.5) is 20.0 Å². The summed E-state index contributed by atoms with van der Waals surface area (Å²) in [5.41, 5.74) is 2.70. The molecule has 0 bridgehead atoms. The second-order valence-electron chi connectivity index (χ2n) is 18.6. The Morgan fingerprint density at radius 2 is 0.692 bits per heavy atom. The summed E-state index contributed by atoms with van der Waals surface area (Å²) < 4.78 is 22.1. The zero-order valence-corrected chi connectivity index (χ0v) is 41.5. The summed E-state index contributed by atoms with van der Waals surface area (Å²) in [5, 5.41) is 17.9. The van der Waals surface area contributed by atoms with Crippen LogP contribution >= 0.6 is 45.3 Å². The van der Waals surface area contributed by atoms with Gasteiger partial charge in [-0.2, -0.15) is 0 Å². The maximum Gasteiger partial charge on any atom is 0.341 e. The number of carboxylic acids is 1. The van der Waals surface area contributed by atoms with E-state index in [2.05, 4.69) is 16.0 Å². The van der Waals surface area contributed by atoms with Crippen molar-refractivity contribution in [3.63, 3.8) is 0 Å². The van der Waals surface area contributed by atoms with Gasteiger partial charge >= 0.3 is 29.8 Å². The Kier molecular flexibility index (Phi) is 16.2. The molecule has 0 radical (unpaired) electrons. The Morgan fingerprint density at radius 3 is 0.969 bits per heavy atom. The average molecular weight is 975 g/mol. The Morgan fingerprint density at radius 1 is 0.446 bits per heavy atom. The predicted molar refractivity (Wildman–Crippen MR) is 251 cm³/mol. The van der Waals surface area contributed by atoms with Gasteiger partial charge < -0.3 is 45.7 Å². The van der Waals surface area contributed by atoms with Crippen molar-refractivity contribution in [2.45, 2.75) is 131 Å². The first-order chi connectivity index (χ1) is 29.7. The molecule has 0 saturated heterocycles. The monoisotopic (exact) mass is 974 g/mol. The molecule has 4 heterocycles. The minimum absolute atomic E-state index is 0.00396. The van der Waals surface area contributed by atoms with E-state index in [-0.39, 0.29) is 61.5 Å². The third-order valence-corrected chi connectivity index (χ3v) is 11.8. The second kappa shape index (κ2) is 20.3. The summed E-state index contributed by atoms with van der Waals surface area (Å²) in [4.78, 5) is 106. The quantitative estimate of drug-likeness (QED) is 0.0553. The van der Waals surface area contributed by atoms with E-state index in [1.807, 2.05) is 0 Å². The van der Waals surface area contributed by atoms with Crippen LogP contribution in [-0.2, 0) is 63.8 Å². The lowest BCUT2D eigenvalue weighted by Crippen LogP contribution is -2.25. The molecule has 0 atom stereocenters. The molecule has 0 aliphatic carbocycles. The highest BCUT2D eigenvalue weighted by Crippen LogP contribution is 2.35. The molecular formula is C44H54N4O13S4. The van der Waals surface area contributed by atoms with Gasteiger partial charge in [0.05, 0.1) is 47.9 Å². The van der Waals surface area contributed by atoms with Crippen LogP contribution in [0.25, 0.3) is 0 Å². The van der Waals surface area contributed by atoms with Crippen molar-refractivity contribution in [2.24, 2.45) is 0 Å². The van der Waals surface area contributed by atoms with Crippen LogP contribution in [0.2, 0.25) is 0 Å². The van der Waals surface area contributed by atoms with E-state index in [0.29, 0.717) is 19.5 Å². The highest BCUT2D eigenvalue weighted by Gasteiger charge is 2.29. The van der Waals surface area contributed by atoms with Crippen molar-refractivity contribution in [1.29, 1.82) is 0 Å². The number of nitrogens with one attached hydrogen (secondary N) is 3. The third kappa shape index (κ3) is 16.4. The van der Waals surface area contributed by atoms with E-state index in [9.17, 15) is 43.5 Å². The highest BCUT2D eigenvalue weighted by molar-refractivity contribution is 7.18. The van der Waals surface area contributed by atoms with Crippen LogP contribution in [0.5, 0.6) is 0 Å². The molecule has 17 nitrogen and oxygen atoms in total. The molecule has 0 spiro atoms. The smallest absolute Gasteiger partial charge is 0.341 e. The number of aliphatic carboxylic acids is 1. The number of nitrogens with two attached hydrogens (primary N) is 1. The molecule has 0 fully saturated rings. The van der Waals surface area contributed by atoms with Crippen LogP contribution < -0.4 is 21.7 Å². The maximum atomic E-state index is 13.7. The number of nitrogen functional groups attached to an aromatic ring is 1. The first-order valence-electron chi connectivity index (χ1n) is 20.0. The van der Waals surface area contributed by atoms with E-state index >= 15 is 0 Å². The molecule has 352 valence electrons. The molecule has 6 N–H and O–H groups in total. The summed E-state index contributed by atoms with van der Waals surface area (Å²) in [5.74, 6) is -5.82. The van der Waals surface area contributed by atoms with Crippen LogP contribution in [-0.4, -0.2) is 75.1 Å². The molecule has 0 aliphatic heterocycles. The topological polar surface area (TPSA) is 256 Å². The van der Waals surface area contributed by atoms with E-state index < -0.39 is 76.4 Å². The van der Waals surface area contributed by atoms with Crippen molar-refractivity contribution < 1.29 is 62.4 Å². The lowest BCUT2D eigenvalue weighted by Gasteiger charge is -2.19. The lowest BCUT2D eigenvalue weighted by molar-refractivity contribution is -0.136. The van der Waals surface area contributed by atoms with Gasteiger partial charge in [-0.25, -0.2) is 19.2 Å². The molecular weight excluding hydrogens is 921 g/mol. The summed E-state index contributed by atoms with van der Waals surface area (Å²) in [6.45, 7) is 20.2. The summed E-state index contributed by atoms with van der Waals surface area (Å²) in [6.07, 6.45) is -1.22. The third-order valence-electron chi connectivity index (χ3n) is 7.73.